The molecular weight excluding hydrogens is 274 g/mol. The average Bonchev–Trinajstić information content (AvgIpc) is 2.59. The summed E-state index contributed by atoms with van der Waals surface area (Å²) in [6, 6.07) is 7.74. The first-order chi connectivity index (χ1) is 9.36. The van der Waals surface area contributed by atoms with Crippen molar-refractivity contribution in [3.05, 3.63) is 35.9 Å². The van der Waals surface area contributed by atoms with Crippen LogP contribution >= 0.6 is 11.6 Å². The molecule has 1 heterocycles. The minimum atomic E-state index is -0.368. The van der Waals surface area contributed by atoms with Crippen molar-refractivity contribution < 1.29 is 14.0 Å². The van der Waals surface area contributed by atoms with Gasteiger partial charge in [-0.1, -0.05) is 23.7 Å². The predicted octanol–water partition coefficient (Wildman–Crippen LogP) is 3.12. The second kappa shape index (κ2) is 5.80. The molecule has 0 aromatic heterocycles. The highest BCUT2D eigenvalue weighted by Crippen LogP contribution is 2.36. The lowest BCUT2D eigenvalue weighted by atomic mass is 9.79. The maximum atomic E-state index is 6.02. The first kappa shape index (κ1) is 15.4. The van der Waals surface area contributed by atoms with Crippen LogP contribution in [-0.4, -0.2) is 24.9 Å². The van der Waals surface area contributed by atoms with E-state index in [1.165, 1.54) is 5.54 Å². The van der Waals surface area contributed by atoms with E-state index in [-0.39, 0.29) is 18.3 Å². The molecule has 0 unspecified atom stereocenters. The maximum absolute atomic E-state index is 6.02. The van der Waals surface area contributed by atoms with Crippen LogP contribution in [0.1, 0.15) is 27.7 Å². The summed E-state index contributed by atoms with van der Waals surface area (Å²) in [5, 5.41) is 0. The highest BCUT2D eigenvalue weighted by molar-refractivity contribution is 6.62. The molecule has 3 nitrogen and oxygen atoms in total. The minimum absolute atomic E-state index is 0.337. The van der Waals surface area contributed by atoms with Gasteiger partial charge in [0.15, 0.2) is 0 Å². The van der Waals surface area contributed by atoms with E-state index in [2.05, 4.69) is 0 Å². The number of rotatable bonds is 4. The second-order valence-electron chi connectivity index (χ2n) is 5.83. The molecule has 1 aromatic carbocycles. The zero-order valence-electron chi connectivity index (χ0n) is 12.4. The van der Waals surface area contributed by atoms with E-state index >= 15 is 0 Å². The minimum Gasteiger partial charge on any atom is -0.490 e. The Morgan fingerprint density at radius 3 is 2.45 bits per heavy atom. The fraction of sp³-hybridized carbons (Fsp3) is 0.467. The van der Waals surface area contributed by atoms with Gasteiger partial charge in [-0.05, 0) is 51.4 Å². The van der Waals surface area contributed by atoms with Gasteiger partial charge in [-0.3, -0.25) is 0 Å². The number of ether oxygens (including phenoxy) is 1. The third-order valence-electron chi connectivity index (χ3n) is 3.82. The smallest absolute Gasteiger partial charge is 0.490 e. The highest BCUT2D eigenvalue weighted by Gasteiger charge is 2.51. The standard InChI is InChI=1S/C15H20BClO3/c1-14(2)15(3,4)20-16(19-14)12-7-5-8-13(11-12)18-10-6-9-17/h5-9,11H,10H2,1-4H3/b9-6+. The Hall–Kier alpha value is -0.965. The van der Waals surface area contributed by atoms with Crippen LogP contribution in [0.5, 0.6) is 5.75 Å². The Morgan fingerprint density at radius 1 is 1.20 bits per heavy atom. The van der Waals surface area contributed by atoms with Crippen LogP contribution < -0.4 is 10.2 Å². The molecule has 20 heavy (non-hydrogen) atoms. The first-order valence-electron chi connectivity index (χ1n) is 6.69. The molecule has 0 bridgehead atoms. The van der Waals surface area contributed by atoms with E-state index < -0.39 is 0 Å². The lowest BCUT2D eigenvalue weighted by molar-refractivity contribution is 0.00578. The summed E-state index contributed by atoms with van der Waals surface area (Å²) in [7, 11) is -0.368. The fourth-order valence-corrected chi connectivity index (χ4v) is 1.98. The fourth-order valence-electron chi connectivity index (χ4n) is 1.91. The van der Waals surface area contributed by atoms with E-state index in [4.69, 9.17) is 25.6 Å². The summed E-state index contributed by atoms with van der Waals surface area (Å²) in [5.74, 6) is 0.770. The van der Waals surface area contributed by atoms with Gasteiger partial charge in [0, 0.05) is 5.54 Å². The molecular formula is C15H20BClO3. The third-order valence-corrected chi connectivity index (χ3v) is 4.00. The molecule has 0 aliphatic carbocycles. The van der Waals surface area contributed by atoms with Gasteiger partial charge < -0.3 is 14.0 Å². The molecule has 1 aromatic rings. The molecule has 1 fully saturated rings. The Morgan fingerprint density at radius 2 is 1.85 bits per heavy atom. The van der Waals surface area contributed by atoms with E-state index in [0.717, 1.165) is 11.2 Å². The zero-order valence-corrected chi connectivity index (χ0v) is 13.1. The molecule has 0 saturated carbocycles. The van der Waals surface area contributed by atoms with Gasteiger partial charge in [-0.25, -0.2) is 0 Å². The van der Waals surface area contributed by atoms with E-state index in [1.807, 2.05) is 52.0 Å². The third kappa shape index (κ3) is 3.19. The largest absolute Gasteiger partial charge is 0.494 e. The summed E-state index contributed by atoms with van der Waals surface area (Å²) in [6.45, 7) is 8.60. The Bertz CT molecular complexity index is 484. The second-order valence-corrected chi connectivity index (χ2v) is 6.09. The molecule has 0 spiro atoms. The van der Waals surface area contributed by atoms with Gasteiger partial charge in [0.05, 0.1) is 11.2 Å². The Balaban J connectivity index is 2.12. The molecule has 2 rings (SSSR count). The van der Waals surface area contributed by atoms with Crippen molar-refractivity contribution in [2.75, 3.05) is 6.61 Å². The average molecular weight is 295 g/mol. The molecule has 1 saturated heterocycles. The van der Waals surface area contributed by atoms with Gasteiger partial charge in [0.2, 0.25) is 0 Å². The highest BCUT2D eigenvalue weighted by atomic mass is 35.5. The molecule has 1 aliphatic heterocycles. The lowest BCUT2D eigenvalue weighted by Crippen LogP contribution is -2.41. The zero-order chi connectivity index (χ0) is 14.8. The summed E-state index contributed by atoms with van der Waals surface area (Å²) < 4.78 is 17.6. The molecule has 0 N–H and O–H groups in total. The van der Waals surface area contributed by atoms with Crippen LogP contribution in [0.4, 0.5) is 0 Å². The lowest BCUT2D eigenvalue weighted by Gasteiger charge is -2.32. The van der Waals surface area contributed by atoms with Crippen molar-refractivity contribution in [2.24, 2.45) is 0 Å². The van der Waals surface area contributed by atoms with Gasteiger partial charge in [-0.15, -0.1) is 0 Å². The monoisotopic (exact) mass is 294 g/mol. The summed E-state index contributed by atoms with van der Waals surface area (Å²) in [5.41, 5.74) is 1.72. The first-order valence-corrected chi connectivity index (χ1v) is 7.13. The van der Waals surface area contributed by atoms with E-state index in [1.54, 1.807) is 6.08 Å². The normalized spacial score (nSPS) is 20.6. The molecule has 0 radical (unpaired) electrons. The van der Waals surface area contributed by atoms with Crippen molar-refractivity contribution in [2.45, 2.75) is 38.9 Å². The van der Waals surface area contributed by atoms with Crippen LogP contribution in [-0.2, 0) is 9.31 Å². The SMILES string of the molecule is CC1(C)OB(c2cccc(OC/C=C/Cl)c2)OC1(C)C. The number of hydrogen-bond acceptors (Lipinski definition) is 3. The van der Waals surface area contributed by atoms with Gasteiger partial charge in [0.1, 0.15) is 12.4 Å². The maximum Gasteiger partial charge on any atom is 0.494 e. The van der Waals surface area contributed by atoms with Crippen molar-refractivity contribution in [3.63, 3.8) is 0 Å². The molecule has 0 amide bonds. The molecule has 0 atom stereocenters. The van der Waals surface area contributed by atoms with Crippen LogP contribution in [0, 0.1) is 0 Å². The van der Waals surface area contributed by atoms with Gasteiger partial charge >= 0.3 is 7.12 Å². The molecule has 5 heteroatoms. The predicted molar refractivity (Wildman–Crippen MR) is 82.6 cm³/mol. The van der Waals surface area contributed by atoms with Crippen molar-refractivity contribution in [3.8, 4) is 5.75 Å². The van der Waals surface area contributed by atoms with Crippen LogP contribution in [0.15, 0.2) is 35.9 Å². The van der Waals surface area contributed by atoms with Crippen LogP contribution in [0.2, 0.25) is 0 Å². The van der Waals surface area contributed by atoms with Gasteiger partial charge in [0.25, 0.3) is 0 Å². The summed E-state index contributed by atoms with van der Waals surface area (Å²) in [6.07, 6.45) is 1.74. The van der Waals surface area contributed by atoms with Crippen LogP contribution in [0.3, 0.4) is 0 Å². The number of halogens is 1. The topological polar surface area (TPSA) is 27.7 Å². The Kier molecular flexibility index (Phi) is 4.47. The molecule has 1 aliphatic rings. The van der Waals surface area contributed by atoms with Crippen molar-refractivity contribution in [1.82, 2.24) is 0 Å². The van der Waals surface area contributed by atoms with Crippen LogP contribution in [0.25, 0.3) is 0 Å². The van der Waals surface area contributed by atoms with E-state index in [0.29, 0.717) is 6.61 Å². The quantitative estimate of drug-likeness (QED) is 0.799. The van der Waals surface area contributed by atoms with Crippen molar-refractivity contribution in [1.29, 1.82) is 0 Å². The van der Waals surface area contributed by atoms with Gasteiger partial charge in [-0.2, -0.15) is 0 Å². The Labute approximate surface area is 126 Å². The van der Waals surface area contributed by atoms with E-state index in [9.17, 15) is 0 Å². The van der Waals surface area contributed by atoms with Crippen molar-refractivity contribution >= 4 is 24.2 Å². The summed E-state index contributed by atoms with van der Waals surface area (Å²) in [4.78, 5) is 0. The number of hydrogen-bond donors (Lipinski definition) is 0. The number of benzene rings is 1. The summed E-state index contributed by atoms with van der Waals surface area (Å²) >= 11 is 5.46. The molecule has 108 valence electrons.